The standard InChI is InChI=1S/C14H18BrN3/c1-11(12(2)18-10-14(15)9-17-18)16-8-13-6-4-3-5-7-13/h3-7,9-12,16H,8H2,1-2H3. The molecule has 1 N–H and O–H groups in total. The van der Waals surface area contributed by atoms with E-state index in [1.54, 1.807) is 0 Å². The predicted octanol–water partition coefficient (Wildman–Crippen LogP) is 3.38. The first-order valence-electron chi connectivity index (χ1n) is 6.14. The molecule has 0 amide bonds. The highest BCUT2D eigenvalue weighted by Gasteiger charge is 2.14. The van der Waals surface area contributed by atoms with E-state index in [2.05, 4.69) is 64.5 Å². The maximum Gasteiger partial charge on any atom is 0.0641 e. The van der Waals surface area contributed by atoms with Crippen LogP contribution in [-0.4, -0.2) is 15.8 Å². The van der Waals surface area contributed by atoms with Gasteiger partial charge in [0.1, 0.15) is 0 Å². The number of hydrogen-bond donors (Lipinski definition) is 1. The van der Waals surface area contributed by atoms with Gasteiger partial charge in [-0.1, -0.05) is 30.3 Å². The fraction of sp³-hybridized carbons (Fsp3) is 0.357. The lowest BCUT2D eigenvalue weighted by molar-refractivity contribution is 0.365. The van der Waals surface area contributed by atoms with E-state index in [4.69, 9.17) is 0 Å². The first-order chi connectivity index (χ1) is 8.66. The highest BCUT2D eigenvalue weighted by Crippen LogP contribution is 2.14. The van der Waals surface area contributed by atoms with E-state index in [-0.39, 0.29) is 0 Å². The van der Waals surface area contributed by atoms with Gasteiger partial charge in [0, 0.05) is 18.8 Å². The van der Waals surface area contributed by atoms with Gasteiger partial charge in [-0.3, -0.25) is 4.68 Å². The van der Waals surface area contributed by atoms with Gasteiger partial charge >= 0.3 is 0 Å². The molecule has 0 saturated heterocycles. The van der Waals surface area contributed by atoms with Crippen LogP contribution < -0.4 is 5.32 Å². The molecule has 0 aliphatic heterocycles. The molecule has 0 fully saturated rings. The summed E-state index contributed by atoms with van der Waals surface area (Å²) in [6.45, 7) is 5.24. The van der Waals surface area contributed by atoms with Gasteiger partial charge in [-0.15, -0.1) is 0 Å². The van der Waals surface area contributed by atoms with Gasteiger partial charge in [-0.05, 0) is 35.3 Å². The number of nitrogens with zero attached hydrogens (tertiary/aromatic N) is 2. The number of aromatic nitrogens is 2. The molecule has 96 valence electrons. The van der Waals surface area contributed by atoms with Crippen molar-refractivity contribution < 1.29 is 0 Å². The number of benzene rings is 1. The highest BCUT2D eigenvalue weighted by molar-refractivity contribution is 9.10. The van der Waals surface area contributed by atoms with Crippen molar-refractivity contribution in [2.75, 3.05) is 0 Å². The lowest BCUT2D eigenvalue weighted by atomic mass is 10.1. The Labute approximate surface area is 116 Å². The molecule has 1 heterocycles. The minimum atomic E-state index is 0.319. The van der Waals surface area contributed by atoms with Crippen molar-refractivity contribution >= 4 is 15.9 Å². The van der Waals surface area contributed by atoms with Crippen molar-refractivity contribution in [3.05, 3.63) is 52.8 Å². The smallest absolute Gasteiger partial charge is 0.0641 e. The molecule has 0 bridgehead atoms. The second-order valence-corrected chi connectivity index (χ2v) is 5.45. The van der Waals surface area contributed by atoms with Gasteiger partial charge in [0.2, 0.25) is 0 Å². The van der Waals surface area contributed by atoms with Crippen LogP contribution in [0.3, 0.4) is 0 Å². The Kier molecular flexibility index (Phi) is 4.55. The highest BCUT2D eigenvalue weighted by atomic mass is 79.9. The Bertz CT molecular complexity index is 481. The summed E-state index contributed by atoms with van der Waals surface area (Å²) in [5.74, 6) is 0. The van der Waals surface area contributed by atoms with Gasteiger partial charge in [-0.2, -0.15) is 5.10 Å². The average molecular weight is 308 g/mol. The lowest BCUT2D eigenvalue weighted by Gasteiger charge is -2.21. The van der Waals surface area contributed by atoms with Crippen molar-refractivity contribution in [1.29, 1.82) is 0 Å². The van der Waals surface area contributed by atoms with Crippen LogP contribution in [0.2, 0.25) is 0 Å². The second kappa shape index (κ2) is 6.16. The molecule has 18 heavy (non-hydrogen) atoms. The summed E-state index contributed by atoms with van der Waals surface area (Å²) in [6.07, 6.45) is 3.83. The summed E-state index contributed by atoms with van der Waals surface area (Å²) in [5.41, 5.74) is 1.30. The monoisotopic (exact) mass is 307 g/mol. The van der Waals surface area contributed by atoms with Crippen LogP contribution in [0.5, 0.6) is 0 Å². The Morgan fingerprint density at radius 3 is 2.61 bits per heavy atom. The molecule has 4 heteroatoms. The van der Waals surface area contributed by atoms with Crippen molar-refractivity contribution in [1.82, 2.24) is 15.1 Å². The topological polar surface area (TPSA) is 29.9 Å². The third-order valence-corrected chi connectivity index (χ3v) is 3.59. The maximum absolute atomic E-state index is 4.32. The minimum Gasteiger partial charge on any atom is -0.308 e. The number of halogens is 1. The molecule has 2 unspecified atom stereocenters. The lowest BCUT2D eigenvalue weighted by Crippen LogP contribution is -2.33. The van der Waals surface area contributed by atoms with Crippen molar-refractivity contribution in [3.63, 3.8) is 0 Å². The molecule has 0 saturated carbocycles. The summed E-state index contributed by atoms with van der Waals surface area (Å²) in [5, 5.41) is 7.85. The quantitative estimate of drug-likeness (QED) is 0.917. The van der Waals surface area contributed by atoms with E-state index in [9.17, 15) is 0 Å². The first-order valence-corrected chi connectivity index (χ1v) is 6.93. The van der Waals surface area contributed by atoms with Gasteiger partial charge in [-0.25, -0.2) is 0 Å². The summed E-state index contributed by atoms with van der Waals surface area (Å²) in [4.78, 5) is 0. The van der Waals surface area contributed by atoms with Crippen LogP contribution in [0.4, 0.5) is 0 Å². The molecule has 0 aliphatic carbocycles. The zero-order chi connectivity index (χ0) is 13.0. The average Bonchev–Trinajstić information content (AvgIpc) is 2.83. The Hall–Kier alpha value is -1.13. The van der Waals surface area contributed by atoms with E-state index in [0.717, 1.165) is 11.0 Å². The SMILES string of the molecule is CC(NCc1ccccc1)C(C)n1cc(Br)cn1. The fourth-order valence-electron chi connectivity index (χ4n) is 1.81. The Morgan fingerprint density at radius 1 is 1.28 bits per heavy atom. The van der Waals surface area contributed by atoms with Crippen LogP contribution in [0, 0.1) is 0 Å². The molecular weight excluding hydrogens is 290 g/mol. The van der Waals surface area contributed by atoms with Crippen LogP contribution in [0.15, 0.2) is 47.2 Å². The molecule has 0 spiro atoms. The molecule has 0 aliphatic rings. The molecule has 1 aromatic carbocycles. The maximum atomic E-state index is 4.32. The Balaban J connectivity index is 1.90. The summed E-state index contributed by atoms with van der Waals surface area (Å²) in [7, 11) is 0. The van der Waals surface area contributed by atoms with E-state index in [1.807, 2.05) is 23.1 Å². The van der Waals surface area contributed by atoms with E-state index in [0.29, 0.717) is 12.1 Å². The van der Waals surface area contributed by atoms with E-state index >= 15 is 0 Å². The van der Waals surface area contributed by atoms with Crippen molar-refractivity contribution in [2.24, 2.45) is 0 Å². The largest absolute Gasteiger partial charge is 0.308 e. The molecular formula is C14H18BrN3. The number of hydrogen-bond acceptors (Lipinski definition) is 2. The summed E-state index contributed by atoms with van der Waals surface area (Å²) >= 11 is 3.42. The third kappa shape index (κ3) is 3.43. The van der Waals surface area contributed by atoms with Crippen molar-refractivity contribution in [2.45, 2.75) is 32.5 Å². The number of nitrogens with one attached hydrogen (secondary N) is 1. The number of rotatable bonds is 5. The van der Waals surface area contributed by atoms with Gasteiger partial charge in [0.15, 0.2) is 0 Å². The predicted molar refractivity (Wildman–Crippen MR) is 77.4 cm³/mol. The van der Waals surface area contributed by atoms with Crippen LogP contribution in [0.25, 0.3) is 0 Å². The molecule has 0 radical (unpaired) electrons. The van der Waals surface area contributed by atoms with Gasteiger partial charge < -0.3 is 5.32 Å². The molecule has 1 aromatic heterocycles. The Morgan fingerprint density at radius 2 is 2.00 bits per heavy atom. The van der Waals surface area contributed by atoms with Crippen molar-refractivity contribution in [3.8, 4) is 0 Å². The molecule has 2 atom stereocenters. The zero-order valence-electron chi connectivity index (χ0n) is 10.7. The van der Waals surface area contributed by atoms with E-state index < -0.39 is 0 Å². The molecule has 2 rings (SSSR count). The molecule has 2 aromatic rings. The zero-order valence-corrected chi connectivity index (χ0v) is 12.3. The van der Waals surface area contributed by atoms with Crippen LogP contribution in [0.1, 0.15) is 25.5 Å². The fourth-order valence-corrected chi connectivity index (χ4v) is 2.11. The summed E-state index contributed by atoms with van der Waals surface area (Å²) < 4.78 is 3.00. The minimum absolute atomic E-state index is 0.319. The molecule has 3 nitrogen and oxygen atoms in total. The van der Waals surface area contributed by atoms with E-state index in [1.165, 1.54) is 5.56 Å². The first kappa shape index (κ1) is 13.3. The van der Waals surface area contributed by atoms with Gasteiger partial charge in [0.25, 0.3) is 0 Å². The summed E-state index contributed by atoms with van der Waals surface area (Å²) in [6, 6.07) is 11.1. The third-order valence-electron chi connectivity index (χ3n) is 3.18. The van der Waals surface area contributed by atoms with Crippen LogP contribution >= 0.6 is 15.9 Å². The van der Waals surface area contributed by atoms with Gasteiger partial charge in [0.05, 0.1) is 16.7 Å². The van der Waals surface area contributed by atoms with Crippen LogP contribution in [-0.2, 0) is 6.54 Å². The second-order valence-electron chi connectivity index (χ2n) is 4.53. The normalized spacial score (nSPS) is 14.4.